The van der Waals surface area contributed by atoms with Gasteiger partial charge in [0.05, 0.1) is 31.2 Å². The fourth-order valence-corrected chi connectivity index (χ4v) is 4.96. The van der Waals surface area contributed by atoms with Crippen molar-refractivity contribution >= 4 is 23.4 Å². The molecule has 1 N–H and O–H groups in total. The molecule has 1 aromatic heterocycles. The summed E-state index contributed by atoms with van der Waals surface area (Å²) >= 11 is 1.25. The van der Waals surface area contributed by atoms with Crippen LogP contribution in [-0.2, 0) is 4.79 Å². The van der Waals surface area contributed by atoms with Gasteiger partial charge in [0.25, 0.3) is 0 Å². The molecule has 0 unspecified atom stereocenters. The minimum Gasteiger partial charge on any atom is -0.493 e. The number of thioether (sulfide) groups is 1. The van der Waals surface area contributed by atoms with Crippen LogP contribution in [0, 0.1) is 32.1 Å². The van der Waals surface area contributed by atoms with Crippen LogP contribution >= 0.6 is 11.8 Å². The number of ether oxygens (including phenoxy) is 2. The van der Waals surface area contributed by atoms with Gasteiger partial charge in [-0.2, -0.15) is 5.26 Å². The van der Waals surface area contributed by atoms with Gasteiger partial charge in [-0.05, 0) is 55.7 Å². The van der Waals surface area contributed by atoms with E-state index in [1.807, 2.05) is 87.5 Å². The lowest BCUT2D eigenvalue weighted by atomic mass is 9.98. The number of hydrogen-bond acceptors (Lipinski definition) is 6. The van der Waals surface area contributed by atoms with Crippen molar-refractivity contribution in [2.45, 2.75) is 25.8 Å². The second-order valence-corrected chi connectivity index (χ2v) is 9.85. The normalized spacial score (nSPS) is 10.5. The molecular weight excluding hydrogens is 494 g/mol. The van der Waals surface area contributed by atoms with Gasteiger partial charge in [0.2, 0.25) is 5.91 Å². The predicted octanol–water partition coefficient (Wildman–Crippen LogP) is 6.96. The van der Waals surface area contributed by atoms with Gasteiger partial charge in [0.15, 0.2) is 11.5 Å². The molecule has 1 heterocycles. The van der Waals surface area contributed by atoms with Gasteiger partial charge >= 0.3 is 0 Å². The largest absolute Gasteiger partial charge is 0.493 e. The second-order valence-electron chi connectivity index (χ2n) is 8.89. The third-order valence-electron chi connectivity index (χ3n) is 6.23. The number of nitrogens with zero attached hydrogens (tertiary/aromatic N) is 2. The van der Waals surface area contributed by atoms with Gasteiger partial charge in [-0.25, -0.2) is 4.98 Å². The van der Waals surface area contributed by atoms with Crippen LogP contribution in [0.25, 0.3) is 22.4 Å². The highest BCUT2D eigenvalue weighted by atomic mass is 32.2. The number of methoxy groups -OCH3 is 2. The molecule has 192 valence electrons. The van der Waals surface area contributed by atoms with Crippen molar-refractivity contribution in [2.24, 2.45) is 0 Å². The number of hydrogen-bond donors (Lipinski definition) is 1. The Labute approximate surface area is 227 Å². The van der Waals surface area contributed by atoms with Gasteiger partial charge in [0, 0.05) is 16.8 Å². The Morgan fingerprint density at radius 3 is 2.21 bits per heavy atom. The van der Waals surface area contributed by atoms with Gasteiger partial charge in [-0.15, -0.1) is 0 Å². The first-order valence-corrected chi connectivity index (χ1v) is 13.1. The zero-order chi connectivity index (χ0) is 27.2. The minimum atomic E-state index is -0.161. The quantitative estimate of drug-likeness (QED) is 0.251. The number of pyridine rings is 1. The summed E-state index contributed by atoms with van der Waals surface area (Å²) in [7, 11) is 3.16. The molecule has 4 aromatic rings. The Morgan fingerprint density at radius 1 is 0.921 bits per heavy atom. The van der Waals surface area contributed by atoms with Gasteiger partial charge in [-0.1, -0.05) is 65.9 Å². The molecular formula is C31H29N3O3S. The summed E-state index contributed by atoms with van der Waals surface area (Å²) in [6, 6.07) is 23.7. The Balaban J connectivity index is 1.75. The Bertz CT molecular complexity index is 1500. The summed E-state index contributed by atoms with van der Waals surface area (Å²) in [6.07, 6.45) is 0. The highest BCUT2D eigenvalue weighted by Gasteiger charge is 2.19. The van der Waals surface area contributed by atoms with E-state index in [-0.39, 0.29) is 11.7 Å². The van der Waals surface area contributed by atoms with E-state index in [0.29, 0.717) is 33.3 Å². The summed E-state index contributed by atoms with van der Waals surface area (Å²) in [4.78, 5) is 17.7. The van der Waals surface area contributed by atoms with Crippen molar-refractivity contribution in [3.05, 3.63) is 89.0 Å². The second kappa shape index (κ2) is 11.8. The average Bonchev–Trinajstić information content (AvgIpc) is 2.93. The molecule has 1 amide bonds. The molecule has 3 aromatic carbocycles. The van der Waals surface area contributed by atoms with Crippen molar-refractivity contribution in [3.8, 4) is 40.0 Å². The molecule has 7 heteroatoms. The highest BCUT2D eigenvalue weighted by Crippen LogP contribution is 2.38. The molecule has 38 heavy (non-hydrogen) atoms. The summed E-state index contributed by atoms with van der Waals surface area (Å²) < 4.78 is 10.9. The number of anilines is 1. The molecule has 0 radical (unpaired) electrons. The maximum absolute atomic E-state index is 12.9. The number of para-hydroxylation sites is 1. The minimum absolute atomic E-state index is 0.109. The van der Waals surface area contributed by atoms with Gasteiger partial charge in [-0.3, -0.25) is 4.79 Å². The first-order chi connectivity index (χ1) is 18.3. The SMILES string of the molecule is COc1ccc(-c2cc(-c3ccc(C)cc3)nc(SCC(=O)Nc3c(C)cccc3C)c2C#N)cc1OC. The maximum Gasteiger partial charge on any atom is 0.234 e. The fraction of sp³-hybridized carbons (Fsp3) is 0.194. The van der Waals surface area contributed by atoms with E-state index in [9.17, 15) is 10.1 Å². The first kappa shape index (κ1) is 26.8. The van der Waals surface area contributed by atoms with E-state index >= 15 is 0 Å². The number of aryl methyl sites for hydroxylation is 3. The third-order valence-corrected chi connectivity index (χ3v) is 7.20. The van der Waals surface area contributed by atoms with E-state index in [4.69, 9.17) is 14.5 Å². The fourth-order valence-electron chi connectivity index (χ4n) is 4.16. The molecule has 0 aliphatic heterocycles. The van der Waals surface area contributed by atoms with Crippen molar-refractivity contribution in [1.82, 2.24) is 4.98 Å². The molecule has 0 bridgehead atoms. The smallest absolute Gasteiger partial charge is 0.234 e. The molecule has 0 aliphatic carbocycles. The van der Waals surface area contributed by atoms with E-state index in [1.54, 1.807) is 14.2 Å². The van der Waals surface area contributed by atoms with Crippen molar-refractivity contribution < 1.29 is 14.3 Å². The number of nitrogens with one attached hydrogen (secondary N) is 1. The van der Waals surface area contributed by atoms with Crippen LogP contribution in [0.3, 0.4) is 0 Å². The Morgan fingerprint density at radius 2 is 1.58 bits per heavy atom. The topological polar surface area (TPSA) is 84.2 Å². The lowest BCUT2D eigenvalue weighted by Gasteiger charge is -2.15. The number of aromatic nitrogens is 1. The molecule has 0 spiro atoms. The molecule has 0 atom stereocenters. The van der Waals surface area contributed by atoms with Crippen LogP contribution < -0.4 is 14.8 Å². The number of rotatable bonds is 8. The lowest BCUT2D eigenvalue weighted by Crippen LogP contribution is -2.16. The zero-order valence-corrected chi connectivity index (χ0v) is 22.9. The lowest BCUT2D eigenvalue weighted by molar-refractivity contribution is -0.113. The van der Waals surface area contributed by atoms with Crippen LogP contribution in [0.2, 0.25) is 0 Å². The van der Waals surface area contributed by atoms with E-state index < -0.39 is 0 Å². The van der Waals surface area contributed by atoms with Crippen LogP contribution in [0.4, 0.5) is 5.69 Å². The Kier molecular flexibility index (Phi) is 8.35. The van der Waals surface area contributed by atoms with E-state index in [0.717, 1.165) is 33.5 Å². The third kappa shape index (κ3) is 5.82. The predicted molar refractivity (Wildman–Crippen MR) is 153 cm³/mol. The summed E-state index contributed by atoms with van der Waals surface area (Å²) in [5.41, 5.74) is 7.47. The summed E-state index contributed by atoms with van der Waals surface area (Å²) in [5.74, 6) is 1.11. The van der Waals surface area contributed by atoms with Crippen molar-refractivity contribution in [1.29, 1.82) is 5.26 Å². The molecule has 0 aliphatic rings. The molecule has 6 nitrogen and oxygen atoms in total. The van der Waals surface area contributed by atoms with E-state index in [2.05, 4.69) is 11.4 Å². The summed E-state index contributed by atoms with van der Waals surface area (Å²) in [5, 5.41) is 13.7. The van der Waals surface area contributed by atoms with Gasteiger partial charge in [0.1, 0.15) is 11.1 Å². The van der Waals surface area contributed by atoms with Crippen molar-refractivity contribution in [2.75, 3.05) is 25.3 Å². The molecule has 0 fully saturated rings. The average molecular weight is 524 g/mol. The van der Waals surface area contributed by atoms with Crippen molar-refractivity contribution in [3.63, 3.8) is 0 Å². The monoisotopic (exact) mass is 523 g/mol. The first-order valence-electron chi connectivity index (χ1n) is 12.1. The number of benzene rings is 3. The zero-order valence-electron chi connectivity index (χ0n) is 22.1. The standard InChI is InChI=1S/C31H29N3O3S/c1-19-9-11-22(12-10-19)26-16-24(23-13-14-27(36-4)28(15-23)37-5)25(17-32)31(33-26)38-18-29(35)34-30-20(2)7-6-8-21(30)3/h6-16H,18H2,1-5H3,(H,34,35). The molecule has 0 saturated heterocycles. The maximum atomic E-state index is 12.9. The number of carbonyl (C=O) groups excluding carboxylic acids is 1. The van der Waals surface area contributed by atoms with Gasteiger partial charge < -0.3 is 14.8 Å². The number of carbonyl (C=O) groups is 1. The Hall–Kier alpha value is -4.28. The number of nitriles is 1. The van der Waals surface area contributed by atoms with Crippen LogP contribution in [0.1, 0.15) is 22.3 Å². The molecule has 0 saturated carbocycles. The van der Waals surface area contributed by atoms with Crippen LogP contribution in [-0.4, -0.2) is 30.9 Å². The van der Waals surface area contributed by atoms with Crippen LogP contribution in [0.15, 0.2) is 71.8 Å². The highest BCUT2D eigenvalue weighted by molar-refractivity contribution is 8.00. The number of amides is 1. The van der Waals surface area contributed by atoms with Crippen LogP contribution in [0.5, 0.6) is 11.5 Å². The summed E-state index contributed by atoms with van der Waals surface area (Å²) in [6.45, 7) is 5.96. The molecule has 4 rings (SSSR count). The van der Waals surface area contributed by atoms with E-state index in [1.165, 1.54) is 11.8 Å².